The fraction of sp³-hybridized carbons (Fsp3) is 0.308. The van der Waals surface area contributed by atoms with Gasteiger partial charge in [0.15, 0.2) is 0 Å². The number of nitrogens with zero attached hydrogens (tertiary/aromatic N) is 3. The number of rotatable bonds is 2. The molecule has 2 aromatic heterocycles. The Kier molecular flexibility index (Phi) is 2.80. The van der Waals surface area contributed by atoms with Crippen molar-refractivity contribution in [1.82, 2.24) is 19.9 Å². The molecular formula is C13H14N4O. The van der Waals surface area contributed by atoms with Crippen LogP contribution in [0, 0.1) is 0 Å². The molecule has 1 saturated heterocycles. The van der Waals surface area contributed by atoms with Gasteiger partial charge in [-0.25, -0.2) is 4.98 Å². The SMILES string of the molecule is O=C(c1cnc[nH]1)N1CCCC1c1cccnc1. The summed E-state index contributed by atoms with van der Waals surface area (Å²) in [5, 5.41) is 0. The molecule has 3 rings (SSSR count). The molecule has 1 aliphatic rings. The summed E-state index contributed by atoms with van der Waals surface area (Å²) in [6.45, 7) is 0.789. The van der Waals surface area contributed by atoms with E-state index in [1.54, 1.807) is 12.4 Å². The van der Waals surface area contributed by atoms with Crippen LogP contribution in [0.15, 0.2) is 37.1 Å². The number of aromatic amines is 1. The number of carbonyl (C=O) groups excluding carboxylic acids is 1. The maximum absolute atomic E-state index is 12.3. The fourth-order valence-electron chi connectivity index (χ4n) is 2.46. The highest BCUT2D eigenvalue weighted by atomic mass is 16.2. The summed E-state index contributed by atoms with van der Waals surface area (Å²) in [7, 11) is 0. The maximum Gasteiger partial charge on any atom is 0.272 e. The van der Waals surface area contributed by atoms with Crippen molar-refractivity contribution in [3.63, 3.8) is 0 Å². The number of aromatic nitrogens is 3. The third-order valence-electron chi connectivity index (χ3n) is 3.31. The number of carbonyl (C=O) groups is 1. The molecule has 1 aliphatic heterocycles. The Morgan fingerprint density at radius 1 is 1.39 bits per heavy atom. The Labute approximate surface area is 105 Å². The molecule has 5 nitrogen and oxygen atoms in total. The standard InChI is InChI=1S/C13H14N4O/c18-13(11-8-15-9-16-11)17-6-2-4-12(17)10-3-1-5-14-7-10/h1,3,5,7-9,12H,2,4,6H2,(H,15,16). The van der Waals surface area contributed by atoms with Crippen LogP contribution in [-0.4, -0.2) is 32.3 Å². The molecule has 1 fully saturated rings. The molecule has 0 bridgehead atoms. The topological polar surface area (TPSA) is 61.9 Å². The molecule has 5 heteroatoms. The van der Waals surface area contributed by atoms with Gasteiger partial charge >= 0.3 is 0 Å². The van der Waals surface area contributed by atoms with Gasteiger partial charge in [-0.1, -0.05) is 6.07 Å². The van der Waals surface area contributed by atoms with Gasteiger partial charge < -0.3 is 9.88 Å². The zero-order valence-corrected chi connectivity index (χ0v) is 9.91. The second-order valence-electron chi connectivity index (χ2n) is 4.41. The van der Waals surface area contributed by atoms with E-state index < -0.39 is 0 Å². The van der Waals surface area contributed by atoms with Gasteiger partial charge in [-0.05, 0) is 24.5 Å². The summed E-state index contributed by atoms with van der Waals surface area (Å²) in [6, 6.07) is 4.07. The van der Waals surface area contributed by atoms with Crippen molar-refractivity contribution in [3.05, 3.63) is 48.3 Å². The predicted molar refractivity (Wildman–Crippen MR) is 65.8 cm³/mol. The second kappa shape index (κ2) is 4.60. The lowest BCUT2D eigenvalue weighted by Crippen LogP contribution is -2.30. The first-order valence-corrected chi connectivity index (χ1v) is 6.05. The monoisotopic (exact) mass is 242 g/mol. The molecule has 18 heavy (non-hydrogen) atoms. The summed E-state index contributed by atoms with van der Waals surface area (Å²) in [4.78, 5) is 25.1. The maximum atomic E-state index is 12.3. The molecule has 1 amide bonds. The van der Waals surface area contributed by atoms with E-state index in [2.05, 4.69) is 15.0 Å². The summed E-state index contributed by atoms with van der Waals surface area (Å²) in [5.41, 5.74) is 1.65. The number of imidazole rings is 1. The van der Waals surface area contributed by atoms with E-state index in [0.29, 0.717) is 5.69 Å². The molecule has 2 aromatic rings. The molecular weight excluding hydrogens is 228 g/mol. The average molecular weight is 242 g/mol. The van der Waals surface area contributed by atoms with E-state index in [9.17, 15) is 4.79 Å². The average Bonchev–Trinajstić information content (AvgIpc) is 3.10. The third-order valence-corrected chi connectivity index (χ3v) is 3.31. The Hall–Kier alpha value is -2.17. The molecule has 0 aliphatic carbocycles. The normalized spacial score (nSPS) is 19.1. The molecule has 1 N–H and O–H groups in total. The van der Waals surface area contributed by atoms with Crippen molar-refractivity contribution < 1.29 is 4.79 Å². The molecule has 0 saturated carbocycles. The zero-order chi connectivity index (χ0) is 12.4. The summed E-state index contributed by atoms with van der Waals surface area (Å²) in [5.74, 6) is 0.0128. The highest BCUT2D eigenvalue weighted by molar-refractivity contribution is 5.92. The molecule has 0 radical (unpaired) electrons. The lowest BCUT2D eigenvalue weighted by Gasteiger charge is -2.24. The number of pyridine rings is 1. The first-order chi connectivity index (χ1) is 8.86. The number of nitrogens with one attached hydrogen (secondary N) is 1. The number of amides is 1. The summed E-state index contributed by atoms with van der Waals surface area (Å²) < 4.78 is 0. The molecule has 92 valence electrons. The van der Waals surface area contributed by atoms with Crippen molar-refractivity contribution in [2.24, 2.45) is 0 Å². The van der Waals surface area contributed by atoms with Gasteiger partial charge in [-0.3, -0.25) is 9.78 Å². The van der Waals surface area contributed by atoms with Crippen molar-refractivity contribution in [1.29, 1.82) is 0 Å². The van der Waals surface area contributed by atoms with Crippen LogP contribution in [0.5, 0.6) is 0 Å². The van der Waals surface area contributed by atoms with Crippen LogP contribution in [0.25, 0.3) is 0 Å². The van der Waals surface area contributed by atoms with Gasteiger partial charge in [0.2, 0.25) is 0 Å². The summed E-state index contributed by atoms with van der Waals surface area (Å²) in [6.07, 6.45) is 8.71. The quantitative estimate of drug-likeness (QED) is 0.873. The minimum Gasteiger partial charge on any atom is -0.341 e. The number of likely N-dealkylation sites (tertiary alicyclic amines) is 1. The summed E-state index contributed by atoms with van der Waals surface area (Å²) >= 11 is 0. The van der Waals surface area contributed by atoms with E-state index in [1.165, 1.54) is 6.33 Å². The van der Waals surface area contributed by atoms with Crippen molar-refractivity contribution in [3.8, 4) is 0 Å². The van der Waals surface area contributed by atoms with Gasteiger partial charge in [0.05, 0.1) is 18.6 Å². The van der Waals surface area contributed by atoms with Gasteiger partial charge in [0.25, 0.3) is 5.91 Å². The van der Waals surface area contributed by atoms with E-state index in [-0.39, 0.29) is 11.9 Å². The van der Waals surface area contributed by atoms with E-state index in [0.717, 1.165) is 24.9 Å². The van der Waals surface area contributed by atoms with Gasteiger partial charge in [0, 0.05) is 18.9 Å². The van der Waals surface area contributed by atoms with E-state index in [4.69, 9.17) is 0 Å². The van der Waals surface area contributed by atoms with Crippen LogP contribution in [0.3, 0.4) is 0 Å². The van der Waals surface area contributed by atoms with Crippen LogP contribution in [0.1, 0.15) is 34.9 Å². The van der Waals surface area contributed by atoms with Crippen molar-refractivity contribution in [2.45, 2.75) is 18.9 Å². The Morgan fingerprint density at radius 3 is 3.06 bits per heavy atom. The molecule has 0 aromatic carbocycles. The minimum absolute atomic E-state index is 0.0128. The second-order valence-corrected chi connectivity index (χ2v) is 4.41. The zero-order valence-electron chi connectivity index (χ0n) is 9.91. The molecule has 1 atom stereocenters. The lowest BCUT2D eigenvalue weighted by molar-refractivity contribution is 0.0730. The number of hydrogen-bond donors (Lipinski definition) is 1. The van der Waals surface area contributed by atoms with Crippen LogP contribution in [-0.2, 0) is 0 Å². The lowest BCUT2D eigenvalue weighted by atomic mass is 10.1. The fourth-order valence-corrected chi connectivity index (χ4v) is 2.46. The molecule has 1 unspecified atom stereocenters. The van der Waals surface area contributed by atoms with Crippen LogP contribution < -0.4 is 0 Å². The number of hydrogen-bond acceptors (Lipinski definition) is 3. The van der Waals surface area contributed by atoms with Crippen molar-refractivity contribution in [2.75, 3.05) is 6.54 Å². The van der Waals surface area contributed by atoms with E-state index >= 15 is 0 Å². The Balaban J connectivity index is 1.86. The van der Waals surface area contributed by atoms with E-state index in [1.807, 2.05) is 23.2 Å². The molecule has 3 heterocycles. The highest BCUT2D eigenvalue weighted by Gasteiger charge is 2.31. The van der Waals surface area contributed by atoms with Gasteiger partial charge in [0.1, 0.15) is 5.69 Å². The third kappa shape index (κ3) is 1.88. The van der Waals surface area contributed by atoms with Gasteiger partial charge in [-0.2, -0.15) is 0 Å². The van der Waals surface area contributed by atoms with Gasteiger partial charge in [-0.15, -0.1) is 0 Å². The predicted octanol–water partition coefficient (Wildman–Crippen LogP) is 1.78. The van der Waals surface area contributed by atoms with Crippen LogP contribution in [0.4, 0.5) is 0 Å². The first kappa shape index (κ1) is 11.0. The Morgan fingerprint density at radius 2 is 2.33 bits per heavy atom. The Bertz CT molecular complexity index is 523. The van der Waals surface area contributed by atoms with Crippen molar-refractivity contribution >= 4 is 5.91 Å². The van der Waals surface area contributed by atoms with Crippen LogP contribution in [0.2, 0.25) is 0 Å². The minimum atomic E-state index is 0.0128. The first-order valence-electron chi connectivity index (χ1n) is 6.05. The molecule has 0 spiro atoms. The van der Waals surface area contributed by atoms with Crippen LogP contribution >= 0.6 is 0 Å². The smallest absolute Gasteiger partial charge is 0.272 e. The highest BCUT2D eigenvalue weighted by Crippen LogP contribution is 2.32. The largest absolute Gasteiger partial charge is 0.341 e. The number of H-pyrrole nitrogens is 1.